The molecule has 0 amide bonds. The van der Waals surface area contributed by atoms with Crippen LogP contribution in [0.4, 0.5) is 5.69 Å². The molecule has 0 aliphatic heterocycles. The van der Waals surface area contributed by atoms with Crippen molar-refractivity contribution in [3.8, 4) is 0 Å². The minimum atomic E-state index is 0.706. The first-order valence-corrected chi connectivity index (χ1v) is 7.55. The van der Waals surface area contributed by atoms with Gasteiger partial charge in [-0.1, -0.05) is 63.5 Å². The molecule has 1 rings (SSSR count). The SMILES string of the molecule is CCCCCCCCCCNc1ccncc1Cl. The zero-order valence-electron chi connectivity index (χ0n) is 11.4. The fourth-order valence-electron chi connectivity index (χ4n) is 2.00. The third-order valence-electron chi connectivity index (χ3n) is 3.12. The van der Waals surface area contributed by atoms with Gasteiger partial charge in [0.25, 0.3) is 0 Å². The van der Waals surface area contributed by atoms with Crippen LogP contribution in [0.1, 0.15) is 58.3 Å². The van der Waals surface area contributed by atoms with Crippen LogP contribution in [0.5, 0.6) is 0 Å². The topological polar surface area (TPSA) is 24.9 Å². The highest BCUT2D eigenvalue weighted by Gasteiger charge is 1.97. The van der Waals surface area contributed by atoms with Gasteiger partial charge in [-0.3, -0.25) is 4.98 Å². The van der Waals surface area contributed by atoms with Crippen LogP contribution in [0.2, 0.25) is 5.02 Å². The van der Waals surface area contributed by atoms with E-state index in [0.717, 1.165) is 12.2 Å². The number of aromatic nitrogens is 1. The Hall–Kier alpha value is -0.760. The van der Waals surface area contributed by atoms with E-state index < -0.39 is 0 Å². The van der Waals surface area contributed by atoms with Gasteiger partial charge in [-0.2, -0.15) is 0 Å². The number of nitrogens with zero attached hydrogens (tertiary/aromatic N) is 1. The molecule has 1 heterocycles. The molecular formula is C15H25ClN2. The van der Waals surface area contributed by atoms with E-state index in [9.17, 15) is 0 Å². The average molecular weight is 269 g/mol. The van der Waals surface area contributed by atoms with E-state index in [-0.39, 0.29) is 0 Å². The highest BCUT2D eigenvalue weighted by molar-refractivity contribution is 6.33. The van der Waals surface area contributed by atoms with Crippen LogP contribution in [-0.2, 0) is 0 Å². The van der Waals surface area contributed by atoms with Crippen molar-refractivity contribution in [1.82, 2.24) is 4.98 Å². The van der Waals surface area contributed by atoms with Crippen molar-refractivity contribution in [1.29, 1.82) is 0 Å². The van der Waals surface area contributed by atoms with Crippen molar-refractivity contribution in [3.05, 3.63) is 23.5 Å². The number of hydrogen-bond acceptors (Lipinski definition) is 2. The summed E-state index contributed by atoms with van der Waals surface area (Å²) in [5, 5.41) is 4.06. The van der Waals surface area contributed by atoms with E-state index in [0.29, 0.717) is 5.02 Å². The lowest BCUT2D eigenvalue weighted by atomic mass is 10.1. The summed E-state index contributed by atoms with van der Waals surface area (Å²) in [6, 6.07) is 1.92. The summed E-state index contributed by atoms with van der Waals surface area (Å²) in [7, 11) is 0. The molecule has 1 aromatic heterocycles. The minimum Gasteiger partial charge on any atom is -0.384 e. The quantitative estimate of drug-likeness (QED) is 0.584. The Morgan fingerprint density at radius 1 is 1.06 bits per heavy atom. The molecule has 0 aromatic carbocycles. The fraction of sp³-hybridized carbons (Fsp3) is 0.667. The Morgan fingerprint density at radius 2 is 1.72 bits per heavy atom. The van der Waals surface area contributed by atoms with Crippen molar-refractivity contribution >= 4 is 17.3 Å². The van der Waals surface area contributed by atoms with E-state index in [1.54, 1.807) is 12.4 Å². The van der Waals surface area contributed by atoms with Gasteiger partial charge in [0.2, 0.25) is 0 Å². The second-order valence-corrected chi connectivity index (χ2v) is 5.16. The number of hydrogen-bond donors (Lipinski definition) is 1. The first-order chi connectivity index (χ1) is 8.84. The van der Waals surface area contributed by atoms with E-state index in [1.807, 2.05) is 6.07 Å². The summed E-state index contributed by atoms with van der Waals surface area (Å²) in [4.78, 5) is 3.97. The molecule has 0 radical (unpaired) electrons. The maximum atomic E-state index is 6.01. The zero-order valence-corrected chi connectivity index (χ0v) is 12.2. The molecule has 1 aromatic rings. The molecule has 18 heavy (non-hydrogen) atoms. The Labute approximate surface area is 116 Å². The highest BCUT2D eigenvalue weighted by Crippen LogP contribution is 2.19. The van der Waals surface area contributed by atoms with Crippen molar-refractivity contribution < 1.29 is 0 Å². The van der Waals surface area contributed by atoms with Gasteiger partial charge in [0.1, 0.15) is 0 Å². The van der Waals surface area contributed by atoms with Crippen molar-refractivity contribution in [2.75, 3.05) is 11.9 Å². The van der Waals surface area contributed by atoms with Gasteiger partial charge in [-0.05, 0) is 12.5 Å². The third-order valence-corrected chi connectivity index (χ3v) is 3.42. The molecule has 0 aliphatic rings. The van der Waals surface area contributed by atoms with Crippen molar-refractivity contribution in [2.45, 2.75) is 58.3 Å². The van der Waals surface area contributed by atoms with Gasteiger partial charge in [0.05, 0.1) is 10.7 Å². The molecule has 0 atom stereocenters. The molecule has 0 unspecified atom stereocenters. The second kappa shape index (κ2) is 10.2. The zero-order chi connectivity index (χ0) is 13.1. The van der Waals surface area contributed by atoms with Gasteiger partial charge in [-0.15, -0.1) is 0 Å². The normalized spacial score (nSPS) is 10.6. The van der Waals surface area contributed by atoms with Crippen molar-refractivity contribution in [2.24, 2.45) is 0 Å². The molecule has 0 saturated heterocycles. The maximum Gasteiger partial charge on any atom is 0.0820 e. The van der Waals surface area contributed by atoms with Crippen LogP contribution in [0.25, 0.3) is 0 Å². The van der Waals surface area contributed by atoms with Crippen LogP contribution < -0.4 is 5.32 Å². The monoisotopic (exact) mass is 268 g/mol. The lowest BCUT2D eigenvalue weighted by Gasteiger charge is -2.07. The second-order valence-electron chi connectivity index (χ2n) is 4.76. The Kier molecular flexibility index (Phi) is 8.66. The average Bonchev–Trinajstić information content (AvgIpc) is 2.39. The lowest BCUT2D eigenvalue weighted by Crippen LogP contribution is -2.01. The molecule has 2 nitrogen and oxygen atoms in total. The van der Waals surface area contributed by atoms with Gasteiger partial charge in [0, 0.05) is 18.9 Å². The predicted molar refractivity (Wildman–Crippen MR) is 80.3 cm³/mol. The van der Waals surface area contributed by atoms with E-state index in [1.165, 1.54) is 51.4 Å². The van der Waals surface area contributed by atoms with Gasteiger partial charge >= 0.3 is 0 Å². The summed E-state index contributed by atoms with van der Waals surface area (Å²) in [5.74, 6) is 0. The number of rotatable bonds is 10. The smallest absolute Gasteiger partial charge is 0.0820 e. The van der Waals surface area contributed by atoms with Crippen LogP contribution in [0, 0.1) is 0 Å². The number of pyridine rings is 1. The first-order valence-electron chi connectivity index (χ1n) is 7.18. The third kappa shape index (κ3) is 6.85. The summed E-state index contributed by atoms with van der Waals surface area (Å²) in [6.45, 7) is 3.26. The van der Waals surface area contributed by atoms with E-state index in [2.05, 4.69) is 17.2 Å². The molecule has 0 bridgehead atoms. The summed E-state index contributed by atoms with van der Waals surface area (Å²) in [5.41, 5.74) is 0.995. The molecule has 102 valence electrons. The lowest BCUT2D eigenvalue weighted by molar-refractivity contribution is 0.581. The highest BCUT2D eigenvalue weighted by atomic mass is 35.5. The van der Waals surface area contributed by atoms with Crippen LogP contribution in [-0.4, -0.2) is 11.5 Å². The molecule has 3 heteroatoms. The minimum absolute atomic E-state index is 0.706. The van der Waals surface area contributed by atoms with Gasteiger partial charge in [0.15, 0.2) is 0 Å². The predicted octanol–water partition coefficient (Wildman–Crippen LogP) is 5.29. The first kappa shape index (κ1) is 15.3. The molecule has 0 spiro atoms. The van der Waals surface area contributed by atoms with Crippen LogP contribution in [0.15, 0.2) is 18.5 Å². The molecule has 0 aliphatic carbocycles. The number of anilines is 1. The number of halogens is 1. The molecule has 0 fully saturated rings. The van der Waals surface area contributed by atoms with E-state index in [4.69, 9.17) is 11.6 Å². The van der Waals surface area contributed by atoms with E-state index >= 15 is 0 Å². The number of unbranched alkanes of at least 4 members (excludes halogenated alkanes) is 7. The molecular weight excluding hydrogens is 244 g/mol. The summed E-state index contributed by atoms with van der Waals surface area (Å²) >= 11 is 6.01. The van der Waals surface area contributed by atoms with Gasteiger partial charge in [-0.25, -0.2) is 0 Å². The summed E-state index contributed by atoms with van der Waals surface area (Å²) < 4.78 is 0. The number of nitrogens with one attached hydrogen (secondary N) is 1. The van der Waals surface area contributed by atoms with Crippen LogP contribution in [0.3, 0.4) is 0 Å². The van der Waals surface area contributed by atoms with Gasteiger partial charge < -0.3 is 5.32 Å². The Balaban J connectivity index is 1.94. The van der Waals surface area contributed by atoms with Crippen LogP contribution >= 0.6 is 11.6 Å². The Morgan fingerprint density at radius 3 is 2.39 bits per heavy atom. The molecule has 1 N–H and O–H groups in total. The van der Waals surface area contributed by atoms with Crippen molar-refractivity contribution in [3.63, 3.8) is 0 Å². The fourth-order valence-corrected chi connectivity index (χ4v) is 2.19. The Bertz CT molecular complexity index is 315. The molecule has 0 saturated carbocycles. The standard InChI is InChI=1S/C15H25ClN2/c1-2-3-4-5-6-7-8-9-11-18-15-10-12-17-13-14(15)16/h10,12-13H,2-9,11H2,1H3,(H,17,18). The maximum absolute atomic E-state index is 6.01. The largest absolute Gasteiger partial charge is 0.384 e. The summed E-state index contributed by atoms with van der Waals surface area (Å²) in [6.07, 6.45) is 14.2.